The monoisotopic (exact) mass is 311 g/mol. The Labute approximate surface area is 137 Å². The molecular formula is C19H21NO3. The second kappa shape index (κ2) is 7.55. The van der Waals surface area contributed by atoms with Gasteiger partial charge in [0, 0.05) is 6.42 Å². The number of hydrogen-bond donors (Lipinski definition) is 0. The summed E-state index contributed by atoms with van der Waals surface area (Å²) in [5.74, 6) is 1.79. The largest absolute Gasteiger partial charge is 0.493 e. The van der Waals surface area contributed by atoms with Crippen LogP contribution in [0.5, 0.6) is 17.2 Å². The van der Waals surface area contributed by atoms with Gasteiger partial charge < -0.3 is 14.2 Å². The lowest BCUT2D eigenvalue weighted by Gasteiger charge is -2.23. The average molecular weight is 311 g/mol. The first-order valence-corrected chi connectivity index (χ1v) is 7.45. The third kappa shape index (κ3) is 3.75. The first-order chi connectivity index (χ1) is 11.1. The topological polar surface area (TPSA) is 51.5 Å². The van der Waals surface area contributed by atoms with Crippen molar-refractivity contribution in [2.24, 2.45) is 0 Å². The smallest absolute Gasteiger partial charge is 0.203 e. The molecule has 0 amide bonds. The van der Waals surface area contributed by atoms with Gasteiger partial charge in [-0.1, -0.05) is 36.4 Å². The van der Waals surface area contributed by atoms with E-state index in [0.717, 1.165) is 5.56 Å². The minimum absolute atomic E-state index is 0.385. The number of ether oxygens (including phenoxy) is 3. The summed E-state index contributed by atoms with van der Waals surface area (Å²) in [5.41, 5.74) is 0.384. The third-order valence-electron chi connectivity index (χ3n) is 3.89. The zero-order valence-electron chi connectivity index (χ0n) is 13.7. The molecule has 0 spiro atoms. The fourth-order valence-corrected chi connectivity index (χ4v) is 2.39. The zero-order valence-corrected chi connectivity index (χ0v) is 13.7. The number of methoxy groups -OCH3 is 2. The fourth-order valence-electron chi connectivity index (χ4n) is 2.39. The van der Waals surface area contributed by atoms with Gasteiger partial charge >= 0.3 is 0 Å². The SMILES string of the molecule is COc1cccc(OC)c1OCCC(C)(C#N)c1ccccc1. The normalized spacial score (nSPS) is 12.8. The van der Waals surface area contributed by atoms with Crippen molar-refractivity contribution in [1.29, 1.82) is 5.26 Å². The minimum atomic E-state index is -0.601. The minimum Gasteiger partial charge on any atom is -0.493 e. The predicted molar refractivity (Wildman–Crippen MR) is 89.1 cm³/mol. The molecule has 23 heavy (non-hydrogen) atoms. The highest BCUT2D eigenvalue weighted by atomic mass is 16.5. The molecule has 4 nitrogen and oxygen atoms in total. The standard InChI is InChI=1S/C19H21NO3/c1-19(14-20,15-8-5-4-6-9-15)12-13-23-18-16(21-2)10-7-11-17(18)22-3/h4-11H,12-13H2,1-3H3. The average Bonchev–Trinajstić information content (AvgIpc) is 2.62. The number of benzene rings is 2. The van der Waals surface area contributed by atoms with Gasteiger partial charge in [0.05, 0.1) is 32.3 Å². The highest BCUT2D eigenvalue weighted by Crippen LogP contribution is 2.37. The van der Waals surface area contributed by atoms with Crippen molar-refractivity contribution >= 4 is 0 Å². The molecule has 0 aliphatic rings. The predicted octanol–water partition coefficient (Wildman–Crippen LogP) is 3.95. The van der Waals surface area contributed by atoms with Gasteiger partial charge in [-0.2, -0.15) is 5.26 Å². The number of para-hydroxylation sites is 1. The van der Waals surface area contributed by atoms with E-state index in [9.17, 15) is 5.26 Å². The summed E-state index contributed by atoms with van der Waals surface area (Å²) in [6.45, 7) is 2.31. The molecule has 0 aromatic heterocycles. The second-order valence-corrected chi connectivity index (χ2v) is 5.40. The van der Waals surface area contributed by atoms with Crippen molar-refractivity contribution < 1.29 is 14.2 Å². The molecule has 2 aromatic rings. The van der Waals surface area contributed by atoms with E-state index >= 15 is 0 Å². The van der Waals surface area contributed by atoms with E-state index in [4.69, 9.17) is 14.2 Å². The Kier molecular flexibility index (Phi) is 5.48. The van der Waals surface area contributed by atoms with Crippen molar-refractivity contribution in [3.63, 3.8) is 0 Å². The lowest BCUT2D eigenvalue weighted by Crippen LogP contribution is -2.22. The molecule has 0 heterocycles. The van der Waals surface area contributed by atoms with Crippen LogP contribution in [0.1, 0.15) is 18.9 Å². The van der Waals surface area contributed by atoms with Crippen LogP contribution in [0.4, 0.5) is 0 Å². The number of rotatable bonds is 7. The molecule has 0 bridgehead atoms. The number of hydrogen-bond acceptors (Lipinski definition) is 4. The van der Waals surface area contributed by atoms with Crippen molar-refractivity contribution in [2.45, 2.75) is 18.8 Å². The molecule has 0 N–H and O–H groups in total. The lowest BCUT2D eigenvalue weighted by atomic mass is 9.81. The Bertz CT molecular complexity index is 657. The number of nitrogens with zero attached hydrogens (tertiary/aromatic N) is 1. The maximum Gasteiger partial charge on any atom is 0.203 e. The van der Waals surface area contributed by atoms with Gasteiger partial charge in [-0.3, -0.25) is 0 Å². The van der Waals surface area contributed by atoms with Crippen LogP contribution >= 0.6 is 0 Å². The van der Waals surface area contributed by atoms with Crippen molar-refractivity contribution in [2.75, 3.05) is 20.8 Å². The first kappa shape index (κ1) is 16.7. The Morgan fingerprint density at radius 3 is 2.09 bits per heavy atom. The van der Waals surface area contributed by atoms with Crippen molar-refractivity contribution in [3.05, 3.63) is 54.1 Å². The van der Waals surface area contributed by atoms with Crippen LogP contribution < -0.4 is 14.2 Å². The maximum atomic E-state index is 9.58. The molecule has 0 fully saturated rings. The molecule has 0 saturated heterocycles. The molecular weight excluding hydrogens is 290 g/mol. The van der Waals surface area contributed by atoms with Gasteiger partial charge in [-0.15, -0.1) is 0 Å². The molecule has 4 heteroatoms. The molecule has 0 saturated carbocycles. The van der Waals surface area contributed by atoms with Crippen LogP contribution in [-0.4, -0.2) is 20.8 Å². The van der Waals surface area contributed by atoms with E-state index < -0.39 is 5.41 Å². The van der Waals surface area contributed by atoms with Gasteiger partial charge in [0.15, 0.2) is 11.5 Å². The molecule has 1 atom stereocenters. The van der Waals surface area contributed by atoms with E-state index in [1.165, 1.54) is 0 Å². The molecule has 1 unspecified atom stereocenters. The van der Waals surface area contributed by atoms with Crippen LogP contribution in [0.15, 0.2) is 48.5 Å². The summed E-state index contributed by atoms with van der Waals surface area (Å²) in [6.07, 6.45) is 0.564. The van der Waals surface area contributed by atoms with Crippen LogP contribution in [0.25, 0.3) is 0 Å². The van der Waals surface area contributed by atoms with E-state index in [1.807, 2.05) is 55.5 Å². The van der Waals surface area contributed by atoms with Gasteiger partial charge in [-0.05, 0) is 24.6 Å². The molecule has 2 aromatic carbocycles. The molecule has 120 valence electrons. The molecule has 2 rings (SSSR count). The zero-order chi connectivity index (χ0) is 16.7. The first-order valence-electron chi connectivity index (χ1n) is 7.45. The number of nitriles is 1. The van der Waals surface area contributed by atoms with Crippen LogP contribution in [0.3, 0.4) is 0 Å². The highest BCUT2D eigenvalue weighted by Gasteiger charge is 2.26. The summed E-state index contributed by atoms with van der Waals surface area (Å²) < 4.78 is 16.5. The molecule has 0 aliphatic carbocycles. The Hall–Kier alpha value is -2.67. The van der Waals surface area contributed by atoms with Crippen LogP contribution in [-0.2, 0) is 5.41 Å². The quantitative estimate of drug-likeness (QED) is 0.777. The summed E-state index contributed by atoms with van der Waals surface area (Å²) >= 11 is 0. The third-order valence-corrected chi connectivity index (χ3v) is 3.89. The Morgan fingerprint density at radius 2 is 1.57 bits per heavy atom. The summed E-state index contributed by atoms with van der Waals surface area (Å²) in [4.78, 5) is 0. The molecule has 0 aliphatic heterocycles. The van der Waals surface area contributed by atoms with E-state index in [0.29, 0.717) is 30.3 Å². The summed E-state index contributed by atoms with van der Waals surface area (Å²) in [6, 6.07) is 17.6. The Balaban J connectivity index is 2.12. The van der Waals surface area contributed by atoms with E-state index in [1.54, 1.807) is 14.2 Å². The summed E-state index contributed by atoms with van der Waals surface area (Å²) in [5, 5.41) is 9.58. The lowest BCUT2D eigenvalue weighted by molar-refractivity contribution is 0.255. The van der Waals surface area contributed by atoms with Crippen LogP contribution in [0.2, 0.25) is 0 Å². The Morgan fingerprint density at radius 1 is 0.957 bits per heavy atom. The second-order valence-electron chi connectivity index (χ2n) is 5.40. The van der Waals surface area contributed by atoms with Crippen LogP contribution in [0, 0.1) is 11.3 Å². The van der Waals surface area contributed by atoms with Crippen molar-refractivity contribution in [3.8, 4) is 23.3 Å². The highest BCUT2D eigenvalue weighted by molar-refractivity contribution is 5.51. The van der Waals surface area contributed by atoms with E-state index in [2.05, 4.69) is 6.07 Å². The van der Waals surface area contributed by atoms with Crippen molar-refractivity contribution in [1.82, 2.24) is 0 Å². The van der Waals surface area contributed by atoms with Gasteiger partial charge in [0.25, 0.3) is 0 Å². The van der Waals surface area contributed by atoms with Gasteiger partial charge in [-0.25, -0.2) is 0 Å². The molecule has 0 radical (unpaired) electrons. The fraction of sp³-hybridized carbons (Fsp3) is 0.316. The van der Waals surface area contributed by atoms with Gasteiger partial charge in [0.1, 0.15) is 0 Å². The summed E-state index contributed by atoms with van der Waals surface area (Å²) in [7, 11) is 3.18. The maximum absolute atomic E-state index is 9.58. The van der Waals surface area contributed by atoms with Gasteiger partial charge in [0.2, 0.25) is 5.75 Å². The van der Waals surface area contributed by atoms with E-state index in [-0.39, 0.29) is 0 Å².